The Bertz CT molecular complexity index is 522. The van der Waals surface area contributed by atoms with Crippen molar-refractivity contribution in [3.8, 4) is 0 Å². The molecule has 0 saturated carbocycles. The monoisotopic (exact) mass is 344 g/mol. The van der Waals surface area contributed by atoms with E-state index in [1.165, 1.54) is 31.4 Å². The third kappa shape index (κ3) is 5.80. The zero-order valence-electron chi connectivity index (χ0n) is 15.3. The molecule has 2 saturated heterocycles. The molecule has 2 aliphatic rings. The van der Waals surface area contributed by atoms with Crippen molar-refractivity contribution in [3.63, 3.8) is 0 Å². The van der Waals surface area contributed by atoms with E-state index in [0.29, 0.717) is 6.42 Å². The fourth-order valence-corrected chi connectivity index (χ4v) is 3.86. The number of benzene rings is 1. The lowest BCUT2D eigenvalue weighted by Crippen LogP contribution is -2.47. The minimum absolute atomic E-state index is 0.167. The molecule has 2 bridgehead atoms. The van der Waals surface area contributed by atoms with E-state index in [1.807, 2.05) is 6.07 Å². The molecule has 0 aliphatic carbocycles. The van der Waals surface area contributed by atoms with Crippen LogP contribution in [0.2, 0.25) is 0 Å². The Morgan fingerprint density at radius 1 is 0.880 bits per heavy atom. The van der Waals surface area contributed by atoms with Crippen LogP contribution in [0.4, 0.5) is 0 Å². The molecule has 2 N–H and O–H groups in total. The average Bonchev–Trinajstić information content (AvgIpc) is 2.65. The van der Waals surface area contributed by atoms with Crippen LogP contribution in [0.15, 0.2) is 30.3 Å². The number of hydrogen-bond acceptors (Lipinski definition) is 4. The molecule has 5 heteroatoms. The van der Waals surface area contributed by atoms with Gasteiger partial charge in [-0.1, -0.05) is 30.3 Å². The summed E-state index contributed by atoms with van der Waals surface area (Å²) in [6.45, 7) is 7.21. The van der Waals surface area contributed by atoms with Crippen LogP contribution >= 0.6 is 0 Å². The summed E-state index contributed by atoms with van der Waals surface area (Å²) in [5.41, 5.74) is 1.26. The van der Waals surface area contributed by atoms with Gasteiger partial charge in [0.1, 0.15) is 0 Å². The molecule has 138 valence electrons. The molecule has 3 atom stereocenters. The predicted octanol–water partition coefficient (Wildman–Crippen LogP) is 1.97. The quantitative estimate of drug-likeness (QED) is 0.818. The highest BCUT2D eigenvalue weighted by Gasteiger charge is 2.27. The maximum atomic E-state index is 12.5. The third-order valence-corrected chi connectivity index (χ3v) is 5.24. The summed E-state index contributed by atoms with van der Waals surface area (Å²) in [5, 5.41) is 6.59. The van der Waals surface area contributed by atoms with E-state index in [-0.39, 0.29) is 11.9 Å². The number of rotatable bonds is 1. The Morgan fingerprint density at radius 3 is 2.56 bits per heavy atom. The maximum absolute atomic E-state index is 12.5. The molecule has 1 aromatic carbocycles. The number of hydrogen-bond donors (Lipinski definition) is 2. The van der Waals surface area contributed by atoms with Crippen molar-refractivity contribution in [2.45, 2.75) is 38.1 Å². The SMILES string of the molecule is O=C1CC(c2ccccc2)N2CCCN(CCCCNCCCN1)C2. The standard InChI is InChI=1S/C20H32N4O/c25-20-16-19(18-8-2-1-3-9-18)24-15-7-14-23(17-24)13-5-4-10-21-11-6-12-22-20/h1-3,8-9,19,21H,4-7,10-17H2,(H,22,25). The number of nitrogens with zero attached hydrogens (tertiary/aromatic N) is 2. The van der Waals surface area contributed by atoms with E-state index < -0.39 is 0 Å². The van der Waals surface area contributed by atoms with Crippen molar-refractivity contribution in [2.24, 2.45) is 0 Å². The number of nitrogens with one attached hydrogen (secondary N) is 2. The normalized spacial score (nSPS) is 29.9. The third-order valence-electron chi connectivity index (χ3n) is 5.24. The molecule has 25 heavy (non-hydrogen) atoms. The highest BCUT2D eigenvalue weighted by Crippen LogP contribution is 2.26. The topological polar surface area (TPSA) is 47.6 Å². The predicted molar refractivity (Wildman–Crippen MR) is 101 cm³/mol. The first-order valence-electron chi connectivity index (χ1n) is 9.82. The van der Waals surface area contributed by atoms with E-state index in [0.717, 1.165) is 45.8 Å². The molecule has 5 nitrogen and oxygen atoms in total. The number of fused-ring (bicyclic) bond motifs is 2. The van der Waals surface area contributed by atoms with Gasteiger partial charge in [-0.25, -0.2) is 0 Å². The van der Waals surface area contributed by atoms with E-state index >= 15 is 0 Å². The summed E-state index contributed by atoms with van der Waals surface area (Å²) < 4.78 is 0. The van der Waals surface area contributed by atoms with Crippen molar-refractivity contribution in [1.29, 1.82) is 0 Å². The van der Waals surface area contributed by atoms with Gasteiger partial charge in [-0.2, -0.15) is 0 Å². The minimum atomic E-state index is 0.167. The first kappa shape index (κ1) is 18.4. The Kier molecular flexibility index (Phi) is 7.27. The first-order chi connectivity index (χ1) is 12.3. The summed E-state index contributed by atoms with van der Waals surface area (Å²) in [4.78, 5) is 17.5. The van der Waals surface area contributed by atoms with Gasteiger partial charge in [0, 0.05) is 32.1 Å². The van der Waals surface area contributed by atoms with Gasteiger partial charge in [0.15, 0.2) is 0 Å². The maximum Gasteiger partial charge on any atom is 0.221 e. The summed E-state index contributed by atoms with van der Waals surface area (Å²) in [6, 6.07) is 10.7. The number of carbonyl (C=O) groups excluding carboxylic acids is 1. The zero-order chi connectivity index (χ0) is 17.3. The van der Waals surface area contributed by atoms with E-state index in [4.69, 9.17) is 0 Å². The molecular formula is C20H32N4O. The zero-order valence-corrected chi connectivity index (χ0v) is 15.3. The minimum Gasteiger partial charge on any atom is -0.356 e. The first-order valence-corrected chi connectivity index (χ1v) is 9.82. The largest absolute Gasteiger partial charge is 0.356 e. The second kappa shape index (κ2) is 9.90. The van der Waals surface area contributed by atoms with Gasteiger partial charge in [-0.15, -0.1) is 0 Å². The van der Waals surface area contributed by atoms with Crippen LogP contribution in [0, 0.1) is 0 Å². The second-order valence-electron chi connectivity index (χ2n) is 7.22. The van der Waals surface area contributed by atoms with Crippen molar-refractivity contribution < 1.29 is 4.79 Å². The van der Waals surface area contributed by atoms with Gasteiger partial charge in [0.05, 0.1) is 6.67 Å². The molecule has 3 unspecified atom stereocenters. The highest BCUT2D eigenvalue weighted by atomic mass is 16.1. The van der Waals surface area contributed by atoms with Crippen LogP contribution in [0.1, 0.15) is 43.7 Å². The summed E-state index contributed by atoms with van der Waals surface area (Å²) in [7, 11) is 0. The molecular weight excluding hydrogens is 312 g/mol. The summed E-state index contributed by atoms with van der Waals surface area (Å²) >= 11 is 0. The lowest BCUT2D eigenvalue weighted by Gasteiger charge is -2.40. The Hall–Kier alpha value is -1.43. The fourth-order valence-electron chi connectivity index (χ4n) is 3.86. The molecule has 1 amide bonds. The molecule has 2 heterocycles. The van der Waals surface area contributed by atoms with Crippen LogP contribution in [0.25, 0.3) is 0 Å². The summed E-state index contributed by atoms with van der Waals surface area (Å²) in [6.07, 6.45) is 5.20. The molecule has 0 aromatic heterocycles. The van der Waals surface area contributed by atoms with Gasteiger partial charge in [0.25, 0.3) is 0 Å². The van der Waals surface area contributed by atoms with Crippen LogP contribution in [-0.2, 0) is 4.79 Å². The molecule has 0 radical (unpaired) electrons. The lowest BCUT2D eigenvalue weighted by atomic mass is 10.0. The molecule has 0 spiro atoms. The number of carbonyl (C=O) groups is 1. The van der Waals surface area contributed by atoms with E-state index in [9.17, 15) is 4.79 Å². The van der Waals surface area contributed by atoms with Gasteiger partial charge >= 0.3 is 0 Å². The van der Waals surface area contributed by atoms with Crippen molar-refractivity contribution >= 4 is 5.91 Å². The number of amides is 1. The van der Waals surface area contributed by atoms with Gasteiger partial charge in [-0.05, 0) is 50.9 Å². The average molecular weight is 345 g/mol. The van der Waals surface area contributed by atoms with Crippen LogP contribution in [0.5, 0.6) is 0 Å². The van der Waals surface area contributed by atoms with E-state index in [2.05, 4.69) is 44.7 Å². The molecule has 2 aliphatic heterocycles. The van der Waals surface area contributed by atoms with Crippen molar-refractivity contribution in [2.75, 3.05) is 45.9 Å². The Morgan fingerprint density at radius 2 is 1.68 bits per heavy atom. The van der Waals surface area contributed by atoms with Crippen LogP contribution < -0.4 is 10.6 Å². The van der Waals surface area contributed by atoms with Crippen molar-refractivity contribution in [1.82, 2.24) is 20.4 Å². The molecule has 1 aromatic rings. The summed E-state index contributed by atoms with van der Waals surface area (Å²) in [5.74, 6) is 0.167. The Labute approximate surface area is 151 Å². The second-order valence-corrected chi connectivity index (χ2v) is 7.22. The Balaban J connectivity index is 1.73. The molecule has 2 fully saturated rings. The van der Waals surface area contributed by atoms with Crippen LogP contribution in [0.3, 0.4) is 0 Å². The van der Waals surface area contributed by atoms with Gasteiger partial charge in [-0.3, -0.25) is 14.6 Å². The highest BCUT2D eigenvalue weighted by molar-refractivity contribution is 5.76. The van der Waals surface area contributed by atoms with E-state index in [1.54, 1.807) is 0 Å². The van der Waals surface area contributed by atoms with Crippen molar-refractivity contribution in [3.05, 3.63) is 35.9 Å². The fraction of sp³-hybridized carbons (Fsp3) is 0.650. The lowest BCUT2D eigenvalue weighted by molar-refractivity contribution is -0.122. The van der Waals surface area contributed by atoms with Gasteiger partial charge < -0.3 is 10.6 Å². The van der Waals surface area contributed by atoms with Gasteiger partial charge in [0.2, 0.25) is 5.91 Å². The molecule has 3 rings (SSSR count). The smallest absolute Gasteiger partial charge is 0.221 e. The van der Waals surface area contributed by atoms with Crippen LogP contribution in [-0.4, -0.2) is 61.6 Å².